The number of likely N-dealkylation sites (tertiary alicyclic amines) is 2. The van der Waals surface area contributed by atoms with Gasteiger partial charge in [0.05, 0.1) is 5.92 Å². The fraction of sp³-hybridized carbons (Fsp3) is 0.444. The Hall–Kier alpha value is -3.42. The van der Waals surface area contributed by atoms with Gasteiger partial charge >= 0.3 is 6.03 Å². The van der Waals surface area contributed by atoms with Crippen LogP contribution in [0, 0.1) is 18.7 Å². The zero-order valence-corrected chi connectivity index (χ0v) is 20.1. The molecule has 0 aromatic heterocycles. The number of urea groups is 1. The lowest BCUT2D eigenvalue weighted by Crippen LogP contribution is -2.49. The van der Waals surface area contributed by atoms with Crippen molar-refractivity contribution < 1.29 is 18.8 Å². The van der Waals surface area contributed by atoms with Gasteiger partial charge in [-0.3, -0.25) is 9.59 Å². The van der Waals surface area contributed by atoms with Crippen molar-refractivity contribution in [3.63, 3.8) is 0 Å². The van der Waals surface area contributed by atoms with E-state index in [1.165, 1.54) is 6.07 Å². The third kappa shape index (κ3) is 6.38. The van der Waals surface area contributed by atoms with Crippen molar-refractivity contribution >= 4 is 23.5 Å². The van der Waals surface area contributed by atoms with Crippen molar-refractivity contribution in [2.75, 3.05) is 38.0 Å². The molecule has 2 saturated heterocycles. The van der Waals surface area contributed by atoms with Gasteiger partial charge in [-0.2, -0.15) is 0 Å². The summed E-state index contributed by atoms with van der Waals surface area (Å²) < 4.78 is 13.9. The van der Waals surface area contributed by atoms with E-state index < -0.39 is 0 Å². The molecule has 2 aromatic carbocycles. The smallest absolute Gasteiger partial charge is 0.321 e. The summed E-state index contributed by atoms with van der Waals surface area (Å²) in [6.45, 7) is 4.40. The van der Waals surface area contributed by atoms with Crippen LogP contribution >= 0.6 is 0 Å². The maximum atomic E-state index is 13.9. The van der Waals surface area contributed by atoms with Gasteiger partial charge < -0.3 is 20.4 Å². The zero-order chi connectivity index (χ0) is 24.8. The second-order valence-corrected chi connectivity index (χ2v) is 9.47. The number of rotatable bonds is 7. The van der Waals surface area contributed by atoms with Gasteiger partial charge in [0.25, 0.3) is 0 Å². The quantitative estimate of drug-likeness (QED) is 0.590. The number of piperidine rings is 1. The Bertz CT molecular complexity index is 1060. The molecule has 2 atom stereocenters. The van der Waals surface area contributed by atoms with E-state index in [0.29, 0.717) is 56.7 Å². The molecular weight excluding hydrogens is 447 g/mol. The molecule has 35 heavy (non-hydrogen) atoms. The lowest BCUT2D eigenvalue weighted by Gasteiger charge is -2.37. The van der Waals surface area contributed by atoms with Crippen LogP contribution in [0.1, 0.15) is 42.7 Å². The molecule has 186 valence electrons. The predicted molar refractivity (Wildman–Crippen MR) is 132 cm³/mol. The molecule has 0 spiro atoms. The number of carbonyl (C=O) groups is 3. The van der Waals surface area contributed by atoms with Crippen LogP contribution in [0.15, 0.2) is 48.5 Å². The summed E-state index contributed by atoms with van der Waals surface area (Å²) in [4.78, 5) is 41.4. The van der Waals surface area contributed by atoms with E-state index >= 15 is 0 Å². The Morgan fingerprint density at radius 1 is 1.11 bits per heavy atom. The molecular formula is C27H33FN4O3. The Morgan fingerprint density at radius 2 is 1.91 bits per heavy atom. The van der Waals surface area contributed by atoms with E-state index in [4.69, 9.17) is 0 Å². The number of carbonyl (C=O) groups excluding carboxylic acids is 3. The number of aryl methyl sites for hydroxylation is 1. The largest absolute Gasteiger partial charge is 0.356 e. The number of nitrogens with one attached hydrogen (secondary N) is 2. The average molecular weight is 481 g/mol. The number of benzene rings is 2. The van der Waals surface area contributed by atoms with Crippen molar-refractivity contribution in [3.05, 3.63) is 65.5 Å². The first-order chi connectivity index (χ1) is 16.9. The minimum Gasteiger partial charge on any atom is -0.356 e. The summed E-state index contributed by atoms with van der Waals surface area (Å²) in [6, 6.07) is 13.9. The Morgan fingerprint density at radius 3 is 2.63 bits per heavy atom. The van der Waals surface area contributed by atoms with Gasteiger partial charge in [0.1, 0.15) is 5.82 Å². The molecule has 0 radical (unpaired) electrons. The van der Waals surface area contributed by atoms with Gasteiger partial charge in [0.15, 0.2) is 0 Å². The summed E-state index contributed by atoms with van der Waals surface area (Å²) in [5.41, 5.74) is 2.16. The van der Waals surface area contributed by atoms with Crippen LogP contribution in [-0.2, 0) is 9.59 Å². The molecule has 4 amide bonds. The average Bonchev–Trinajstić information content (AvgIpc) is 3.28. The first-order valence-electron chi connectivity index (χ1n) is 12.3. The molecule has 0 saturated carbocycles. The van der Waals surface area contributed by atoms with Crippen molar-refractivity contribution in [2.45, 2.75) is 38.5 Å². The predicted octanol–water partition coefficient (Wildman–Crippen LogP) is 3.90. The standard InChI is InChI=1S/C27H33FN4O3/c1-19-15-20(10-11-24(19)28)21-16-22(26(34)29-12-6-14-31-13-5-9-25(31)33)18-32(17-21)27(35)30-23-7-3-2-4-8-23/h2-4,7-8,10-11,15,21-22H,5-6,9,12-14,16-18H2,1H3,(H,29,34)(H,30,35). The van der Waals surface area contributed by atoms with Crippen molar-refractivity contribution in [1.82, 2.24) is 15.1 Å². The zero-order valence-electron chi connectivity index (χ0n) is 20.1. The number of para-hydroxylation sites is 1. The van der Waals surface area contributed by atoms with E-state index in [1.54, 1.807) is 24.0 Å². The molecule has 2 aromatic rings. The van der Waals surface area contributed by atoms with Gasteiger partial charge in [0.2, 0.25) is 11.8 Å². The number of halogens is 1. The van der Waals surface area contributed by atoms with Gasteiger partial charge in [-0.05, 0) is 55.5 Å². The van der Waals surface area contributed by atoms with E-state index in [1.807, 2.05) is 35.2 Å². The van der Waals surface area contributed by atoms with Crippen LogP contribution in [0.3, 0.4) is 0 Å². The Balaban J connectivity index is 1.41. The summed E-state index contributed by atoms with van der Waals surface area (Å²) in [5, 5.41) is 5.91. The fourth-order valence-electron chi connectivity index (χ4n) is 4.91. The van der Waals surface area contributed by atoms with Crippen molar-refractivity contribution in [3.8, 4) is 0 Å². The highest BCUT2D eigenvalue weighted by Crippen LogP contribution is 2.32. The molecule has 4 rings (SSSR count). The summed E-state index contributed by atoms with van der Waals surface area (Å²) in [5.74, 6) is -0.648. The van der Waals surface area contributed by atoms with Gasteiger partial charge in [-0.25, -0.2) is 9.18 Å². The molecule has 2 N–H and O–H groups in total. The summed E-state index contributed by atoms with van der Waals surface area (Å²) in [7, 11) is 0. The number of anilines is 1. The molecule has 2 fully saturated rings. The van der Waals surface area contributed by atoms with Gasteiger partial charge in [0, 0.05) is 50.7 Å². The molecule has 0 bridgehead atoms. The monoisotopic (exact) mass is 480 g/mol. The molecule has 7 nitrogen and oxygen atoms in total. The number of hydrogen-bond acceptors (Lipinski definition) is 3. The Labute approximate surface area is 205 Å². The number of amides is 4. The minimum atomic E-state index is -0.381. The van der Waals surface area contributed by atoms with Crippen LogP contribution in [0.5, 0.6) is 0 Å². The molecule has 2 aliphatic heterocycles. The number of hydrogen-bond donors (Lipinski definition) is 2. The molecule has 0 aliphatic carbocycles. The molecule has 2 aliphatic rings. The topological polar surface area (TPSA) is 81.8 Å². The lowest BCUT2D eigenvalue weighted by molar-refractivity contribution is -0.127. The summed E-state index contributed by atoms with van der Waals surface area (Å²) >= 11 is 0. The van der Waals surface area contributed by atoms with E-state index in [9.17, 15) is 18.8 Å². The second kappa shape index (κ2) is 11.3. The van der Waals surface area contributed by atoms with Crippen LogP contribution < -0.4 is 10.6 Å². The third-order valence-corrected chi connectivity index (χ3v) is 6.86. The van der Waals surface area contributed by atoms with Crippen LogP contribution in [0.25, 0.3) is 0 Å². The summed E-state index contributed by atoms with van der Waals surface area (Å²) in [6.07, 6.45) is 2.79. The highest BCUT2D eigenvalue weighted by Gasteiger charge is 2.34. The van der Waals surface area contributed by atoms with Crippen molar-refractivity contribution in [1.29, 1.82) is 0 Å². The third-order valence-electron chi connectivity index (χ3n) is 6.86. The maximum Gasteiger partial charge on any atom is 0.321 e. The first-order valence-corrected chi connectivity index (χ1v) is 12.3. The second-order valence-electron chi connectivity index (χ2n) is 9.47. The van der Waals surface area contributed by atoms with E-state index in [-0.39, 0.29) is 35.5 Å². The van der Waals surface area contributed by atoms with Gasteiger partial charge in [-0.1, -0.05) is 30.3 Å². The lowest BCUT2D eigenvalue weighted by atomic mass is 9.83. The van der Waals surface area contributed by atoms with Crippen LogP contribution in [0.2, 0.25) is 0 Å². The molecule has 8 heteroatoms. The Kier molecular flexibility index (Phi) is 8.00. The van der Waals surface area contributed by atoms with Crippen LogP contribution in [-0.4, -0.2) is 60.4 Å². The van der Waals surface area contributed by atoms with Crippen LogP contribution in [0.4, 0.5) is 14.9 Å². The SMILES string of the molecule is Cc1cc(C2CC(C(=O)NCCCN3CCCC3=O)CN(C(=O)Nc3ccccc3)C2)ccc1F. The van der Waals surface area contributed by atoms with E-state index in [2.05, 4.69) is 10.6 Å². The minimum absolute atomic E-state index is 0.0810. The normalized spacial score (nSPS) is 20.1. The first kappa shape index (κ1) is 24.7. The fourth-order valence-corrected chi connectivity index (χ4v) is 4.91. The number of nitrogens with zero attached hydrogens (tertiary/aromatic N) is 2. The molecule has 2 heterocycles. The van der Waals surface area contributed by atoms with Crippen molar-refractivity contribution in [2.24, 2.45) is 5.92 Å². The van der Waals surface area contributed by atoms with E-state index in [0.717, 1.165) is 18.5 Å². The van der Waals surface area contributed by atoms with Gasteiger partial charge in [-0.15, -0.1) is 0 Å². The maximum absolute atomic E-state index is 13.9. The molecule has 2 unspecified atom stereocenters. The highest BCUT2D eigenvalue weighted by atomic mass is 19.1. The highest BCUT2D eigenvalue weighted by molar-refractivity contribution is 5.90.